The third-order valence-electron chi connectivity index (χ3n) is 3.72. The Labute approximate surface area is 160 Å². The molecular weight excluding hydrogens is 344 g/mol. The molecule has 146 valence electrons. The standard InChI is InChI=1S/C20H28N4O3/c1-4-21-20(23-11-10-22-19(25)17-7-6-12-27-17)24-14-16-9-8-15(3)13-18(16)26-5-2/h6-9,12-13H,4-5,10-11,14H2,1-3H3,(H,22,25)(H2,21,23,24). The molecule has 0 aliphatic rings. The number of rotatable bonds is 9. The topological polar surface area (TPSA) is 87.9 Å². The van der Waals surface area contributed by atoms with Gasteiger partial charge in [-0.2, -0.15) is 0 Å². The maximum Gasteiger partial charge on any atom is 0.287 e. The first-order chi connectivity index (χ1) is 13.1. The van der Waals surface area contributed by atoms with Gasteiger partial charge in [-0.3, -0.25) is 4.79 Å². The van der Waals surface area contributed by atoms with Crippen LogP contribution in [0.25, 0.3) is 0 Å². The number of aliphatic imine (C=N–C) groups is 1. The molecule has 1 aromatic carbocycles. The first-order valence-electron chi connectivity index (χ1n) is 9.20. The number of furan rings is 1. The summed E-state index contributed by atoms with van der Waals surface area (Å²) >= 11 is 0. The van der Waals surface area contributed by atoms with Crippen molar-refractivity contribution in [2.75, 3.05) is 26.2 Å². The van der Waals surface area contributed by atoms with E-state index in [1.54, 1.807) is 12.1 Å². The SMILES string of the molecule is CCNC(=NCc1ccc(C)cc1OCC)NCCNC(=O)c1ccco1. The van der Waals surface area contributed by atoms with Gasteiger partial charge in [0.05, 0.1) is 19.4 Å². The van der Waals surface area contributed by atoms with Gasteiger partial charge < -0.3 is 25.1 Å². The van der Waals surface area contributed by atoms with Crippen molar-refractivity contribution in [1.82, 2.24) is 16.0 Å². The van der Waals surface area contributed by atoms with Crippen molar-refractivity contribution < 1.29 is 13.9 Å². The summed E-state index contributed by atoms with van der Waals surface area (Å²) in [5.41, 5.74) is 2.19. The number of carbonyl (C=O) groups is 1. The van der Waals surface area contributed by atoms with E-state index in [2.05, 4.69) is 27.0 Å². The van der Waals surface area contributed by atoms with Crippen molar-refractivity contribution in [2.24, 2.45) is 4.99 Å². The van der Waals surface area contributed by atoms with E-state index in [0.717, 1.165) is 23.4 Å². The van der Waals surface area contributed by atoms with Gasteiger partial charge in [0, 0.05) is 25.2 Å². The van der Waals surface area contributed by atoms with Gasteiger partial charge in [-0.1, -0.05) is 12.1 Å². The summed E-state index contributed by atoms with van der Waals surface area (Å²) in [7, 11) is 0. The lowest BCUT2D eigenvalue weighted by atomic mass is 10.1. The summed E-state index contributed by atoms with van der Waals surface area (Å²) < 4.78 is 10.8. The summed E-state index contributed by atoms with van der Waals surface area (Å²) in [6, 6.07) is 9.43. The zero-order valence-corrected chi connectivity index (χ0v) is 16.2. The van der Waals surface area contributed by atoms with Gasteiger partial charge in [0.2, 0.25) is 0 Å². The van der Waals surface area contributed by atoms with Crippen molar-refractivity contribution in [3.05, 3.63) is 53.5 Å². The van der Waals surface area contributed by atoms with E-state index >= 15 is 0 Å². The number of guanidine groups is 1. The average Bonchev–Trinajstić information content (AvgIpc) is 3.19. The van der Waals surface area contributed by atoms with Gasteiger partial charge in [0.25, 0.3) is 5.91 Å². The van der Waals surface area contributed by atoms with Crippen LogP contribution in [0.5, 0.6) is 5.75 Å². The van der Waals surface area contributed by atoms with Crippen LogP contribution >= 0.6 is 0 Å². The Balaban J connectivity index is 1.87. The molecule has 27 heavy (non-hydrogen) atoms. The van der Waals surface area contributed by atoms with E-state index in [4.69, 9.17) is 9.15 Å². The highest BCUT2D eigenvalue weighted by Crippen LogP contribution is 2.21. The highest BCUT2D eigenvalue weighted by Gasteiger charge is 2.07. The Morgan fingerprint density at radius 2 is 1.96 bits per heavy atom. The van der Waals surface area contributed by atoms with Crippen LogP contribution in [0.2, 0.25) is 0 Å². The molecule has 0 atom stereocenters. The zero-order valence-electron chi connectivity index (χ0n) is 16.2. The lowest BCUT2D eigenvalue weighted by Gasteiger charge is -2.13. The first kappa shape index (κ1) is 20.4. The largest absolute Gasteiger partial charge is 0.494 e. The lowest BCUT2D eigenvalue weighted by molar-refractivity contribution is 0.0926. The number of aryl methyl sites for hydroxylation is 1. The summed E-state index contributed by atoms with van der Waals surface area (Å²) in [6.07, 6.45) is 1.48. The molecule has 2 aromatic rings. The second-order valence-corrected chi connectivity index (χ2v) is 5.90. The Morgan fingerprint density at radius 3 is 2.67 bits per heavy atom. The average molecular weight is 372 g/mol. The number of hydrogen-bond acceptors (Lipinski definition) is 4. The number of ether oxygens (including phenoxy) is 1. The van der Waals surface area contributed by atoms with E-state index in [0.29, 0.717) is 38.0 Å². The van der Waals surface area contributed by atoms with Crippen LogP contribution < -0.4 is 20.7 Å². The van der Waals surface area contributed by atoms with Crippen molar-refractivity contribution in [2.45, 2.75) is 27.3 Å². The third-order valence-corrected chi connectivity index (χ3v) is 3.72. The van der Waals surface area contributed by atoms with Crippen molar-refractivity contribution >= 4 is 11.9 Å². The fourth-order valence-corrected chi connectivity index (χ4v) is 2.44. The summed E-state index contributed by atoms with van der Waals surface area (Å²) in [6.45, 7) is 8.89. The fourth-order valence-electron chi connectivity index (χ4n) is 2.44. The fraction of sp³-hybridized carbons (Fsp3) is 0.400. The molecule has 0 aliphatic carbocycles. The minimum Gasteiger partial charge on any atom is -0.494 e. The van der Waals surface area contributed by atoms with E-state index in [-0.39, 0.29) is 5.91 Å². The second kappa shape index (κ2) is 10.9. The summed E-state index contributed by atoms with van der Waals surface area (Å²) in [4.78, 5) is 16.4. The molecule has 0 saturated heterocycles. The second-order valence-electron chi connectivity index (χ2n) is 5.90. The number of nitrogens with zero attached hydrogens (tertiary/aromatic N) is 1. The molecule has 0 spiro atoms. The van der Waals surface area contributed by atoms with Crippen LogP contribution in [0.3, 0.4) is 0 Å². The molecule has 7 nitrogen and oxygen atoms in total. The minimum absolute atomic E-state index is 0.232. The van der Waals surface area contributed by atoms with E-state index in [9.17, 15) is 4.79 Å². The molecule has 0 unspecified atom stereocenters. The number of hydrogen-bond donors (Lipinski definition) is 3. The van der Waals surface area contributed by atoms with Gasteiger partial charge in [-0.05, 0) is 44.5 Å². The zero-order chi connectivity index (χ0) is 19.5. The molecule has 1 heterocycles. The van der Waals surface area contributed by atoms with E-state index in [1.165, 1.54) is 6.26 Å². The number of benzene rings is 1. The van der Waals surface area contributed by atoms with Crippen molar-refractivity contribution in [1.29, 1.82) is 0 Å². The van der Waals surface area contributed by atoms with Crippen LogP contribution in [-0.4, -0.2) is 38.1 Å². The quantitative estimate of drug-likeness (QED) is 0.358. The lowest BCUT2D eigenvalue weighted by Crippen LogP contribution is -2.41. The van der Waals surface area contributed by atoms with Gasteiger partial charge >= 0.3 is 0 Å². The number of carbonyl (C=O) groups excluding carboxylic acids is 1. The molecule has 7 heteroatoms. The van der Waals surface area contributed by atoms with Crippen LogP contribution in [0.15, 0.2) is 46.0 Å². The molecule has 3 N–H and O–H groups in total. The molecule has 1 amide bonds. The van der Waals surface area contributed by atoms with Gasteiger partial charge in [0.15, 0.2) is 11.7 Å². The van der Waals surface area contributed by atoms with Crippen LogP contribution in [0, 0.1) is 6.92 Å². The highest BCUT2D eigenvalue weighted by atomic mass is 16.5. The van der Waals surface area contributed by atoms with Crippen LogP contribution in [0.4, 0.5) is 0 Å². The maximum atomic E-state index is 11.8. The van der Waals surface area contributed by atoms with Crippen LogP contribution in [-0.2, 0) is 6.54 Å². The third kappa shape index (κ3) is 6.69. The molecule has 0 bridgehead atoms. The van der Waals surface area contributed by atoms with Crippen LogP contribution in [0.1, 0.15) is 35.5 Å². The van der Waals surface area contributed by atoms with Gasteiger partial charge in [-0.25, -0.2) is 4.99 Å². The summed E-state index contributed by atoms with van der Waals surface area (Å²) in [5.74, 6) is 1.62. The first-order valence-corrected chi connectivity index (χ1v) is 9.20. The summed E-state index contributed by atoms with van der Waals surface area (Å²) in [5, 5.41) is 9.20. The van der Waals surface area contributed by atoms with Crippen molar-refractivity contribution in [3.8, 4) is 5.75 Å². The molecule has 0 fully saturated rings. The highest BCUT2D eigenvalue weighted by molar-refractivity contribution is 5.91. The smallest absolute Gasteiger partial charge is 0.287 e. The van der Waals surface area contributed by atoms with Gasteiger partial charge in [-0.15, -0.1) is 0 Å². The van der Waals surface area contributed by atoms with Gasteiger partial charge in [0.1, 0.15) is 5.75 Å². The molecular formula is C20H28N4O3. The van der Waals surface area contributed by atoms with Crippen molar-refractivity contribution in [3.63, 3.8) is 0 Å². The molecule has 1 aromatic heterocycles. The molecule has 0 radical (unpaired) electrons. The normalized spacial score (nSPS) is 11.1. The predicted molar refractivity (Wildman–Crippen MR) is 106 cm³/mol. The Bertz CT molecular complexity index is 742. The maximum absolute atomic E-state index is 11.8. The molecule has 2 rings (SSSR count). The van der Waals surface area contributed by atoms with E-state index < -0.39 is 0 Å². The van der Waals surface area contributed by atoms with E-state index in [1.807, 2.05) is 32.9 Å². The Hall–Kier alpha value is -2.96. The molecule has 0 aliphatic heterocycles. The molecule has 0 saturated carbocycles. The Kier molecular flexibility index (Phi) is 8.22. The predicted octanol–water partition coefficient (Wildman–Crippen LogP) is 2.47. The monoisotopic (exact) mass is 372 g/mol. The Morgan fingerprint density at radius 1 is 1.15 bits per heavy atom. The minimum atomic E-state index is -0.232. The number of amides is 1. The number of nitrogens with one attached hydrogen (secondary N) is 3.